The van der Waals surface area contributed by atoms with Crippen LogP contribution in [0.1, 0.15) is 49.4 Å². The molecule has 0 spiro atoms. The highest BCUT2D eigenvalue weighted by Gasteiger charge is 2.18. The van der Waals surface area contributed by atoms with Gasteiger partial charge in [0.2, 0.25) is 5.91 Å². The minimum Gasteiger partial charge on any atom is -0.339 e. The van der Waals surface area contributed by atoms with Gasteiger partial charge in [-0.15, -0.1) is 0 Å². The molecule has 1 N–H and O–H groups in total. The Labute approximate surface area is 120 Å². The maximum absolute atomic E-state index is 12.4. The average Bonchev–Trinajstić information content (AvgIpc) is 2.48. The monoisotopic (exact) mass is 274 g/mol. The van der Waals surface area contributed by atoms with Crippen LogP contribution in [0.2, 0.25) is 0 Å². The second-order valence-electron chi connectivity index (χ2n) is 5.23. The van der Waals surface area contributed by atoms with E-state index in [1.807, 2.05) is 30.0 Å². The van der Waals surface area contributed by atoms with E-state index in [-0.39, 0.29) is 11.8 Å². The number of likely N-dealkylation sites (tertiary alicyclic amines) is 1. The highest BCUT2D eigenvalue weighted by atomic mass is 16.2. The minimum atomic E-state index is -0.00456. The van der Waals surface area contributed by atoms with E-state index in [1.165, 1.54) is 6.42 Å². The van der Waals surface area contributed by atoms with Gasteiger partial charge in [0.25, 0.3) is 5.91 Å². The van der Waals surface area contributed by atoms with E-state index in [0.717, 1.165) is 32.4 Å². The van der Waals surface area contributed by atoms with Gasteiger partial charge in [0.15, 0.2) is 0 Å². The Hall–Kier alpha value is -1.84. The molecule has 0 unspecified atom stereocenters. The lowest BCUT2D eigenvalue weighted by atomic mass is 10.1. The third-order valence-corrected chi connectivity index (χ3v) is 3.51. The van der Waals surface area contributed by atoms with Gasteiger partial charge in [0.05, 0.1) is 0 Å². The lowest BCUT2D eigenvalue weighted by molar-refractivity contribution is -0.116. The van der Waals surface area contributed by atoms with Crippen molar-refractivity contribution in [1.29, 1.82) is 0 Å². The molecule has 0 radical (unpaired) electrons. The third-order valence-electron chi connectivity index (χ3n) is 3.51. The molecule has 20 heavy (non-hydrogen) atoms. The molecule has 1 fully saturated rings. The maximum Gasteiger partial charge on any atom is 0.253 e. The zero-order valence-corrected chi connectivity index (χ0v) is 12.0. The summed E-state index contributed by atoms with van der Waals surface area (Å²) in [4.78, 5) is 25.9. The largest absolute Gasteiger partial charge is 0.339 e. The molecular formula is C16H22N2O2. The van der Waals surface area contributed by atoms with Crippen molar-refractivity contribution >= 4 is 17.5 Å². The molecule has 0 bridgehead atoms. The van der Waals surface area contributed by atoms with Crippen LogP contribution in [0.3, 0.4) is 0 Å². The molecule has 0 aliphatic carbocycles. The van der Waals surface area contributed by atoms with Gasteiger partial charge in [-0.3, -0.25) is 9.59 Å². The second kappa shape index (κ2) is 7.08. The molecule has 108 valence electrons. The summed E-state index contributed by atoms with van der Waals surface area (Å²) >= 11 is 0. The van der Waals surface area contributed by atoms with Gasteiger partial charge in [0, 0.05) is 30.8 Å². The van der Waals surface area contributed by atoms with Crippen molar-refractivity contribution in [1.82, 2.24) is 4.90 Å². The molecule has 2 amide bonds. The van der Waals surface area contributed by atoms with Crippen molar-refractivity contribution in [2.45, 2.75) is 39.0 Å². The minimum absolute atomic E-state index is 0.00456. The van der Waals surface area contributed by atoms with Gasteiger partial charge in [-0.25, -0.2) is 0 Å². The second-order valence-corrected chi connectivity index (χ2v) is 5.23. The number of hydrogen-bond acceptors (Lipinski definition) is 2. The van der Waals surface area contributed by atoms with E-state index in [2.05, 4.69) is 5.32 Å². The summed E-state index contributed by atoms with van der Waals surface area (Å²) in [5.74, 6) is 0.0614. The first-order valence-electron chi connectivity index (χ1n) is 7.40. The van der Waals surface area contributed by atoms with Crippen LogP contribution in [0.5, 0.6) is 0 Å². The molecule has 0 saturated carbocycles. The summed E-state index contributed by atoms with van der Waals surface area (Å²) in [7, 11) is 0. The van der Waals surface area contributed by atoms with Crippen LogP contribution in [-0.4, -0.2) is 29.8 Å². The summed E-state index contributed by atoms with van der Waals surface area (Å²) in [5, 5.41) is 2.83. The first-order chi connectivity index (χ1) is 9.70. The topological polar surface area (TPSA) is 49.4 Å². The quantitative estimate of drug-likeness (QED) is 0.917. The number of amides is 2. The molecular weight excluding hydrogens is 252 g/mol. The van der Waals surface area contributed by atoms with E-state index >= 15 is 0 Å². The van der Waals surface area contributed by atoms with E-state index in [0.29, 0.717) is 17.7 Å². The van der Waals surface area contributed by atoms with Crippen molar-refractivity contribution in [2.24, 2.45) is 0 Å². The molecule has 0 atom stereocenters. The van der Waals surface area contributed by atoms with Crippen LogP contribution in [0, 0.1) is 0 Å². The standard InChI is InChI=1S/C16H22N2O2/c1-2-7-15(19)17-14-9-6-8-13(12-14)16(20)18-10-4-3-5-11-18/h6,8-9,12H,2-5,7,10-11H2,1H3,(H,17,19). The Morgan fingerprint density at radius 3 is 2.65 bits per heavy atom. The summed E-state index contributed by atoms with van der Waals surface area (Å²) in [5.41, 5.74) is 1.35. The number of carbonyl (C=O) groups excluding carboxylic acids is 2. The number of rotatable bonds is 4. The van der Waals surface area contributed by atoms with Gasteiger partial charge >= 0.3 is 0 Å². The Morgan fingerprint density at radius 2 is 1.95 bits per heavy atom. The fraction of sp³-hybridized carbons (Fsp3) is 0.500. The smallest absolute Gasteiger partial charge is 0.253 e. The van der Waals surface area contributed by atoms with E-state index in [1.54, 1.807) is 6.07 Å². The van der Waals surface area contributed by atoms with Crippen LogP contribution in [0.15, 0.2) is 24.3 Å². The zero-order chi connectivity index (χ0) is 14.4. The SMILES string of the molecule is CCCC(=O)Nc1cccc(C(=O)N2CCCCC2)c1. The van der Waals surface area contributed by atoms with Gasteiger partial charge in [-0.05, 0) is 43.9 Å². The van der Waals surface area contributed by atoms with Crippen LogP contribution >= 0.6 is 0 Å². The number of carbonyl (C=O) groups is 2. The van der Waals surface area contributed by atoms with Gasteiger partial charge in [-0.2, -0.15) is 0 Å². The Bertz CT molecular complexity index is 479. The summed E-state index contributed by atoms with van der Waals surface area (Å²) in [6.45, 7) is 3.65. The molecule has 1 aromatic rings. The Balaban J connectivity index is 2.04. The zero-order valence-electron chi connectivity index (χ0n) is 12.0. The highest BCUT2D eigenvalue weighted by Crippen LogP contribution is 2.16. The van der Waals surface area contributed by atoms with E-state index in [9.17, 15) is 9.59 Å². The molecule has 1 saturated heterocycles. The number of piperidine rings is 1. The van der Waals surface area contributed by atoms with Crippen LogP contribution < -0.4 is 5.32 Å². The predicted molar refractivity (Wildman–Crippen MR) is 79.7 cm³/mol. The van der Waals surface area contributed by atoms with Crippen molar-refractivity contribution < 1.29 is 9.59 Å². The van der Waals surface area contributed by atoms with Crippen LogP contribution in [0.25, 0.3) is 0 Å². The summed E-state index contributed by atoms with van der Waals surface area (Å²) in [6, 6.07) is 7.22. The average molecular weight is 274 g/mol. The maximum atomic E-state index is 12.4. The molecule has 1 aromatic carbocycles. The molecule has 4 nitrogen and oxygen atoms in total. The first-order valence-corrected chi connectivity index (χ1v) is 7.40. The fourth-order valence-corrected chi connectivity index (χ4v) is 2.46. The lowest BCUT2D eigenvalue weighted by Gasteiger charge is -2.26. The fourth-order valence-electron chi connectivity index (χ4n) is 2.46. The van der Waals surface area contributed by atoms with Crippen molar-refractivity contribution in [3.05, 3.63) is 29.8 Å². The van der Waals surface area contributed by atoms with Crippen molar-refractivity contribution in [3.8, 4) is 0 Å². The number of hydrogen-bond donors (Lipinski definition) is 1. The molecule has 2 rings (SSSR count). The highest BCUT2D eigenvalue weighted by molar-refractivity contribution is 5.97. The third kappa shape index (κ3) is 3.83. The Morgan fingerprint density at radius 1 is 1.20 bits per heavy atom. The number of benzene rings is 1. The molecule has 1 heterocycles. The molecule has 1 aliphatic heterocycles. The van der Waals surface area contributed by atoms with E-state index in [4.69, 9.17) is 0 Å². The molecule has 0 aromatic heterocycles. The van der Waals surface area contributed by atoms with Crippen molar-refractivity contribution in [2.75, 3.05) is 18.4 Å². The van der Waals surface area contributed by atoms with Crippen molar-refractivity contribution in [3.63, 3.8) is 0 Å². The lowest BCUT2D eigenvalue weighted by Crippen LogP contribution is -2.35. The number of nitrogens with zero attached hydrogens (tertiary/aromatic N) is 1. The normalized spacial score (nSPS) is 14.9. The predicted octanol–water partition coefficient (Wildman–Crippen LogP) is 3.05. The van der Waals surface area contributed by atoms with Gasteiger partial charge < -0.3 is 10.2 Å². The number of anilines is 1. The number of nitrogens with one attached hydrogen (secondary N) is 1. The first kappa shape index (κ1) is 14.6. The van der Waals surface area contributed by atoms with E-state index < -0.39 is 0 Å². The summed E-state index contributed by atoms with van der Waals surface area (Å²) < 4.78 is 0. The molecule has 1 aliphatic rings. The van der Waals surface area contributed by atoms with Gasteiger partial charge in [0.1, 0.15) is 0 Å². The molecule has 4 heteroatoms. The van der Waals surface area contributed by atoms with Gasteiger partial charge in [-0.1, -0.05) is 13.0 Å². The Kier molecular flexibility index (Phi) is 5.16. The summed E-state index contributed by atoms with van der Waals surface area (Å²) in [6.07, 6.45) is 4.69. The van der Waals surface area contributed by atoms with Crippen LogP contribution in [0.4, 0.5) is 5.69 Å². The van der Waals surface area contributed by atoms with Crippen LogP contribution in [-0.2, 0) is 4.79 Å².